The lowest BCUT2D eigenvalue weighted by Crippen LogP contribution is -2.52. The molecule has 5 aliphatic rings. The quantitative estimate of drug-likeness (QED) is 0.714. The van der Waals surface area contributed by atoms with Crippen molar-refractivity contribution in [2.75, 3.05) is 40.9 Å². The van der Waals surface area contributed by atoms with E-state index in [2.05, 4.69) is 18.0 Å². The first-order chi connectivity index (χ1) is 14.5. The molecule has 0 N–H and O–H groups in total. The number of carbonyl (C=O) groups is 1. The Hall–Kier alpha value is -1.75. The third-order valence-corrected chi connectivity index (χ3v) is 8.25. The summed E-state index contributed by atoms with van der Waals surface area (Å²) in [6.07, 6.45) is 9.50. The summed E-state index contributed by atoms with van der Waals surface area (Å²) in [7, 11) is 5.49. The second-order valence-electron chi connectivity index (χ2n) is 10.6. The van der Waals surface area contributed by atoms with E-state index in [0.717, 1.165) is 48.8 Å². The number of hydrogen-bond donors (Lipinski definition) is 0. The Morgan fingerprint density at radius 3 is 2.17 bits per heavy atom. The fourth-order valence-corrected chi connectivity index (χ4v) is 7.54. The zero-order valence-corrected chi connectivity index (χ0v) is 18.8. The van der Waals surface area contributed by atoms with Crippen molar-refractivity contribution in [3.63, 3.8) is 0 Å². The minimum Gasteiger partial charge on any atom is -0.493 e. The highest BCUT2D eigenvalue weighted by atomic mass is 16.5. The van der Waals surface area contributed by atoms with Gasteiger partial charge in [0.2, 0.25) is 5.91 Å². The van der Waals surface area contributed by atoms with Crippen LogP contribution in [0.2, 0.25) is 0 Å². The zero-order valence-electron chi connectivity index (χ0n) is 18.8. The van der Waals surface area contributed by atoms with Crippen molar-refractivity contribution in [1.82, 2.24) is 9.80 Å². The van der Waals surface area contributed by atoms with Crippen LogP contribution in [0.1, 0.15) is 49.7 Å². The van der Waals surface area contributed by atoms with Gasteiger partial charge < -0.3 is 14.4 Å². The van der Waals surface area contributed by atoms with Crippen LogP contribution in [0, 0.1) is 23.2 Å². The van der Waals surface area contributed by atoms with Crippen molar-refractivity contribution < 1.29 is 14.3 Å². The Labute approximate surface area is 180 Å². The van der Waals surface area contributed by atoms with Gasteiger partial charge in [0.05, 0.1) is 20.8 Å². The number of hydrogen-bond acceptors (Lipinski definition) is 4. The summed E-state index contributed by atoms with van der Waals surface area (Å²) in [6, 6.07) is 4.10. The molecule has 6 rings (SSSR count). The molecule has 4 bridgehead atoms. The van der Waals surface area contributed by atoms with E-state index in [1.54, 1.807) is 14.2 Å². The third kappa shape index (κ3) is 3.70. The van der Waals surface area contributed by atoms with Crippen LogP contribution in [0.25, 0.3) is 0 Å². The smallest absolute Gasteiger partial charge is 0.237 e. The SMILES string of the molecule is COc1cc2c(cc1OC)CN(C(=O)CN(C)CC13CC4CC(CC(C4)C1)C3)CC2. The second-order valence-corrected chi connectivity index (χ2v) is 10.6. The van der Waals surface area contributed by atoms with Gasteiger partial charge in [-0.3, -0.25) is 9.69 Å². The first kappa shape index (κ1) is 20.2. The van der Waals surface area contributed by atoms with E-state index in [1.165, 1.54) is 49.7 Å². The van der Waals surface area contributed by atoms with Gasteiger partial charge in [0.25, 0.3) is 0 Å². The van der Waals surface area contributed by atoms with Gasteiger partial charge in [0.1, 0.15) is 0 Å². The maximum atomic E-state index is 13.1. The van der Waals surface area contributed by atoms with E-state index in [9.17, 15) is 4.79 Å². The number of likely N-dealkylation sites (N-methyl/N-ethyl adjacent to an activating group) is 1. The highest BCUT2D eigenvalue weighted by Gasteiger charge is 2.51. The molecule has 1 aromatic carbocycles. The first-order valence-electron chi connectivity index (χ1n) is 11.7. The lowest BCUT2D eigenvalue weighted by Gasteiger charge is -2.57. The molecule has 5 nitrogen and oxygen atoms in total. The molecule has 0 spiro atoms. The average Bonchev–Trinajstić information content (AvgIpc) is 2.70. The monoisotopic (exact) mass is 412 g/mol. The van der Waals surface area contributed by atoms with Crippen LogP contribution in [0.15, 0.2) is 12.1 Å². The van der Waals surface area contributed by atoms with Crippen molar-refractivity contribution in [1.29, 1.82) is 0 Å². The number of ether oxygens (including phenoxy) is 2. The first-order valence-corrected chi connectivity index (χ1v) is 11.7. The third-order valence-electron chi connectivity index (χ3n) is 8.25. The Bertz CT molecular complexity index is 786. The molecule has 1 aromatic rings. The molecule has 1 aliphatic heterocycles. The van der Waals surface area contributed by atoms with Crippen molar-refractivity contribution in [2.24, 2.45) is 23.2 Å². The Morgan fingerprint density at radius 1 is 1.03 bits per heavy atom. The molecule has 5 heteroatoms. The summed E-state index contributed by atoms with van der Waals surface area (Å²) in [5.41, 5.74) is 2.93. The Kier molecular flexibility index (Phi) is 5.20. The molecule has 4 fully saturated rings. The van der Waals surface area contributed by atoms with Crippen LogP contribution in [0.5, 0.6) is 11.5 Å². The van der Waals surface area contributed by atoms with Crippen LogP contribution >= 0.6 is 0 Å². The van der Waals surface area contributed by atoms with Crippen LogP contribution in [0.3, 0.4) is 0 Å². The maximum absolute atomic E-state index is 13.1. The van der Waals surface area contributed by atoms with Gasteiger partial charge in [-0.1, -0.05) is 0 Å². The van der Waals surface area contributed by atoms with Gasteiger partial charge in [-0.15, -0.1) is 0 Å². The number of fused-ring (bicyclic) bond motifs is 1. The molecule has 0 radical (unpaired) electrons. The predicted molar refractivity (Wildman–Crippen MR) is 117 cm³/mol. The second kappa shape index (κ2) is 7.74. The molecule has 0 aromatic heterocycles. The van der Waals surface area contributed by atoms with Gasteiger partial charge in [0, 0.05) is 19.6 Å². The molecule has 164 valence electrons. The summed E-state index contributed by atoms with van der Waals surface area (Å²) in [6.45, 7) is 3.08. The molecule has 4 saturated carbocycles. The number of benzene rings is 1. The number of methoxy groups -OCH3 is 2. The standard InChI is InChI=1S/C25H36N2O3/c1-26(16-25-11-17-6-18(12-25)8-19(7-17)13-25)15-24(28)27-5-4-20-9-22(29-2)23(30-3)10-21(20)14-27/h9-10,17-19H,4-8,11-16H2,1-3H3. The molecular weight excluding hydrogens is 376 g/mol. The molecule has 30 heavy (non-hydrogen) atoms. The number of rotatable bonds is 6. The van der Waals surface area contributed by atoms with E-state index in [1.807, 2.05) is 11.0 Å². The van der Waals surface area contributed by atoms with Crippen LogP contribution < -0.4 is 9.47 Å². The molecular formula is C25H36N2O3. The van der Waals surface area contributed by atoms with Gasteiger partial charge in [-0.05, 0) is 98.4 Å². The molecule has 0 atom stereocenters. The molecule has 0 saturated heterocycles. The van der Waals surface area contributed by atoms with Crippen molar-refractivity contribution in [2.45, 2.75) is 51.5 Å². The topological polar surface area (TPSA) is 42.0 Å². The normalized spacial score (nSPS) is 31.7. The summed E-state index contributed by atoms with van der Waals surface area (Å²) < 4.78 is 10.9. The predicted octanol–water partition coefficient (Wildman–Crippen LogP) is 3.74. The van der Waals surface area contributed by atoms with E-state index >= 15 is 0 Å². The van der Waals surface area contributed by atoms with Gasteiger partial charge >= 0.3 is 0 Å². The van der Waals surface area contributed by atoms with E-state index in [0.29, 0.717) is 18.5 Å². The van der Waals surface area contributed by atoms with E-state index in [-0.39, 0.29) is 5.91 Å². The number of amides is 1. The van der Waals surface area contributed by atoms with Crippen molar-refractivity contribution in [3.8, 4) is 11.5 Å². The van der Waals surface area contributed by atoms with Gasteiger partial charge in [-0.25, -0.2) is 0 Å². The van der Waals surface area contributed by atoms with Crippen LogP contribution in [0.4, 0.5) is 0 Å². The molecule has 1 heterocycles. The zero-order chi connectivity index (χ0) is 20.9. The summed E-state index contributed by atoms with van der Waals surface area (Å²) in [5.74, 6) is 4.65. The van der Waals surface area contributed by atoms with Gasteiger partial charge in [-0.2, -0.15) is 0 Å². The fourth-order valence-electron chi connectivity index (χ4n) is 7.54. The number of nitrogens with zero attached hydrogens (tertiary/aromatic N) is 2. The lowest BCUT2D eigenvalue weighted by molar-refractivity contribution is -0.134. The summed E-state index contributed by atoms with van der Waals surface area (Å²) >= 11 is 0. The van der Waals surface area contributed by atoms with Crippen molar-refractivity contribution in [3.05, 3.63) is 23.3 Å². The molecule has 4 aliphatic carbocycles. The van der Waals surface area contributed by atoms with Crippen molar-refractivity contribution >= 4 is 5.91 Å². The van der Waals surface area contributed by atoms with Crippen LogP contribution in [-0.2, 0) is 17.8 Å². The maximum Gasteiger partial charge on any atom is 0.237 e. The Morgan fingerprint density at radius 2 is 1.60 bits per heavy atom. The van der Waals surface area contributed by atoms with Gasteiger partial charge in [0.15, 0.2) is 11.5 Å². The van der Waals surface area contributed by atoms with E-state index < -0.39 is 0 Å². The lowest BCUT2D eigenvalue weighted by atomic mass is 9.49. The largest absolute Gasteiger partial charge is 0.493 e. The summed E-state index contributed by atoms with van der Waals surface area (Å²) in [4.78, 5) is 17.4. The highest BCUT2D eigenvalue weighted by Crippen LogP contribution is 2.60. The molecule has 0 unspecified atom stereocenters. The Balaban J connectivity index is 1.21. The summed E-state index contributed by atoms with van der Waals surface area (Å²) in [5, 5.41) is 0. The minimum atomic E-state index is 0.252. The fraction of sp³-hybridized carbons (Fsp3) is 0.720. The number of carbonyl (C=O) groups excluding carboxylic acids is 1. The molecule has 1 amide bonds. The average molecular weight is 413 g/mol. The van der Waals surface area contributed by atoms with Crippen LogP contribution in [-0.4, -0.2) is 56.6 Å². The highest BCUT2D eigenvalue weighted by molar-refractivity contribution is 5.78. The minimum absolute atomic E-state index is 0.252. The van der Waals surface area contributed by atoms with E-state index in [4.69, 9.17) is 9.47 Å².